The maximum atomic E-state index is 5.97. The van der Waals surface area contributed by atoms with Crippen molar-refractivity contribution < 1.29 is 0 Å². The lowest BCUT2D eigenvalue weighted by Crippen LogP contribution is -2.17. The Morgan fingerprint density at radius 1 is 1.05 bits per heavy atom. The van der Waals surface area contributed by atoms with E-state index in [-0.39, 0.29) is 0 Å². The van der Waals surface area contributed by atoms with Crippen molar-refractivity contribution in [1.29, 1.82) is 0 Å². The van der Waals surface area contributed by atoms with Crippen molar-refractivity contribution in [2.45, 2.75) is 26.4 Å². The number of nitrogens with one attached hydrogen (secondary N) is 1. The van der Waals surface area contributed by atoms with Crippen LogP contribution in [0.25, 0.3) is 0 Å². The molecule has 0 atom stereocenters. The van der Waals surface area contributed by atoms with Crippen LogP contribution in [0.2, 0.25) is 4.34 Å². The van der Waals surface area contributed by atoms with Crippen molar-refractivity contribution in [2.75, 3.05) is 20.1 Å². The molecule has 0 aliphatic rings. The first kappa shape index (κ1) is 16.5. The second kappa shape index (κ2) is 8.54. The molecular weight excluding hydrogens is 300 g/mol. The summed E-state index contributed by atoms with van der Waals surface area (Å²) in [6.45, 7) is 6.13. The van der Waals surface area contributed by atoms with Gasteiger partial charge in [0.05, 0.1) is 4.34 Å². The Hall–Kier alpha value is -0.870. The van der Waals surface area contributed by atoms with Gasteiger partial charge in [-0.05, 0) is 49.8 Å². The Labute approximate surface area is 136 Å². The van der Waals surface area contributed by atoms with Gasteiger partial charge in [0.15, 0.2) is 0 Å². The molecule has 0 bridgehead atoms. The van der Waals surface area contributed by atoms with Crippen LogP contribution in [-0.2, 0) is 19.5 Å². The largest absolute Gasteiger partial charge is 0.317 e. The molecule has 2 nitrogen and oxygen atoms in total. The lowest BCUT2D eigenvalue weighted by atomic mass is 10.1. The first-order valence-corrected chi connectivity index (χ1v) is 8.58. The smallest absolute Gasteiger partial charge is 0.0931 e. The lowest BCUT2D eigenvalue weighted by molar-refractivity contribution is 0.322. The monoisotopic (exact) mass is 322 g/mol. The van der Waals surface area contributed by atoms with Crippen LogP contribution >= 0.6 is 22.9 Å². The summed E-state index contributed by atoms with van der Waals surface area (Å²) in [5.74, 6) is 0. The van der Waals surface area contributed by atoms with E-state index < -0.39 is 0 Å². The molecule has 0 unspecified atom stereocenters. The Morgan fingerprint density at radius 3 is 2.38 bits per heavy atom. The molecule has 2 aromatic rings. The molecule has 0 aliphatic heterocycles. The fourth-order valence-corrected chi connectivity index (χ4v) is 3.46. The Bertz CT molecular complexity index is 536. The van der Waals surface area contributed by atoms with Gasteiger partial charge in [0.2, 0.25) is 0 Å². The van der Waals surface area contributed by atoms with Crippen molar-refractivity contribution >= 4 is 22.9 Å². The highest BCUT2D eigenvalue weighted by molar-refractivity contribution is 7.16. The zero-order valence-corrected chi connectivity index (χ0v) is 14.3. The van der Waals surface area contributed by atoms with Gasteiger partial charge in [-0.15, -0.1) is 11.3 Å². The summed E-state index contributed by atoms with van der Waals surface area (Å²) in [4.78, 5) is 3.63. The number of halogens is 1. The van der Waals surface area contributed by atoms with E-state index in [1.807, 2.05) is 6.07 Å². The second-order valence-corrected chi connectivity index (χ2v) is 7.10. The van der Waals surface area contributed by atoms with E-state index in [0.717, 1.165) is 36.9 Å². The second-order valence-electron chi connectivity index (χ2n) is 5.30. The number of benzene rings is 1. The van der Waals surface area contributed by atoms with Crippen LogP contribution in [0.3, 0.4) is 0 Å². The summed E-state index contributed by atoms with van der Waals surface area (Å²) >= 11 is 7.63. The molecule has 21 heavy (non-hydrogen) atoms. The van der Waals surface area contributed by atoms with Gasteiger partial charge in [0.25, 0.3) is 0 Å². The maximum Gasteiger partial charge on any atom is 0.0931 e. The maximum absolute atomic E-state index is 5.97. The van der Waals surface area contributed by atoms with Crippen molar-refractivity contribution in [3.05, 3.63) is 56.7 Å². The van der Waals surface area contributed by atoms with Crippen LogP contribution in [0.15, 0.2) is 36.4 Å². The van der Waals surface area contributed by atoms with Gasteiger partial charge >= 0.3 is 0 Å². The van der Waals surface area contributed by atoms with E-state index >= 15 is 0 Å². The molecule has 0 amide bonds. The van der Waals surface area contributed by atoms with Gasteiger partial charge in [-0.1, -0.05) is 42.8 Å². The Morgan fingerprint density at radius 2 is 1.76 bits per heavy atom. The number of rotatable bonds is 8. The third kappa shape index (κ3) is 5.79. The van der Waals surface area contributed by atoms with Gasteiger partial charge in [0.1, 0.15) is 0 Å². The molecule has 0 spiro atoms. The van der Waals surface area contributed by atoms with Crippen LogP contribution in [-0.4, -0.2) is 25.0 Å². The average molecular weight is 323 g/mol. The van der Waals surface area contributed by atoms with E-state index in [1.165, 1.54) is 16.0 Å². The van der Waals surface area contributed by atoms with Gasteiger partial charge in [-0.2, -0.15) is 0 Å². The third-order valence-electron chi connectivity index (χ3n) is 3.37. The topological polar surface area (TPSA) is 15.3 Å². The van der Waals surface area contributed by atoms with Gasteiger partial charge < -0.3 is 5.32 Å². The minimum atomic E-state index is 0.864. The predicted octanol–water partition coefficient (Wildman–Crippen LogP) is 4.19. The Balaban J connectivity index is 1.82. The van der Waals surface area contributed by atoms with E-state index in [0.29, 0.717) is 0 Å². The van der Waals surface area contributed by atoms with E-state index in [2.05, 4.69) is 54.5 Å². The quantitative estimate of drug-likeness (QED) is 0.733. The summed E-state index contributed by atoms with van der Waals surface area (Å²) in [5, 5.41) is 3.35. The predicted molar refractivity (Wildman–Crippen MR) is 93.2 cm³/mol. The highest BCUT2D eigenvalue weighted by Gasteiger charge is 2.04. The molecule has 114 valence electrons. The van der Waals surface area contributed by atoms with Crippen molar-refractivity contribution in [2.24, 2.45) is 0 Å². The third-order valence-corrected chi connectivity index (χ3v) is 4.59. The molecule has 0 fully saturated rings. The summed E-state index contributed by atoms with van der Waals surface area (Å²) in [5.41, 5.74) is 2.75. The van der Waals surface area contributed by atoms with Gasteiger partial charge in [-0.3, -0.25) is 4.90 Å². The highest BCUT2D eigenvalue weighted by Crippen LogP contribution is 2.22. The summed E-state index contributed by atoms with van der Waals surface area (Å²) in [6, 6.07) is 13.0. The van der Waals surface area contributed by atoms with Gasteiger partial charge in [-0.25, -0.2) is 0 Å². The fourth-order valence-electron chi connectivity index (χ4n) is 2.29. The number of nitrogens with zero attached hydrogens (tertiary/aromatic N) is 1. The number of thiophene rings is 1. The highest BCUT2D eigenvalue weighted by atomic mass is 35.5. The number of hydrogen-bond acceptors (Lipinski definition) is 3. The Kier molecular flexibility index (Phi) is 6.71. The molecular formula is C17H23ClN2S. The van der Waals surface area contributed by atoms with Crippen LogP contribution in [0.1, 0.15) is 22.9 Å². The molecule has 0 aliphatic carbocycles. The molecule has 1 aromatic carbocycles. The molecule has 0 saturated carbocycles. The normalized spacial score (nSPS) is 11.2. The first-order chi connectivity index (χ1) is 10.2. The SMILES string of the molecule is CCNCCc1ccc(CN(C)Cc2ccc(Cl)s2)cc1. The molecule has 1 heterocycles. The average Bonchev–Trinajstić information content (AvgIpc) is 2.86. The summed E-state index contributed by atoms with van der Waals surface area (Å²) < 4.78 is 0.864. The van der Waals surface area contributed by atoms with Gasteiger partial charge in [0, 0.05) is 18.0 Å². The molecule has 0 radical (unpaired) electrons. The number of likely N-dealkylation sites (N-methyl/N-ethyl adjacent to an activating group) is 1. The van der Waals surface area contributed by atoms with E-state index in [1.54, 1.807) is 11.3 Å². The standard InChI is InChI=1S/C17H23ClN2S/c1-3-19-11-10-14-4-6-15(7-5-14)12-20(2)13-16-8-9-17(18)21-16/h4-9,19H,3,10-13H2,1-2H3. The van der Waals surface area contributed by atoms with E-state index in [9.17, 15) is 0 Å². The number of hydrogen-bond donors (Lipinski definition) is 1. The summed E-state index contributed by atoms with van der Waals surface area (Å²) in [7, 11) is 2.15. The van der Waals surface area contributed by atoms with Crippen LogP contribution in [0.5, 0.6) is 0 Å². The van der Waals surface area contributed by atoms with Crippen LogP contribution in [0.4, 0.5) is 0 Å². The molecule has 2 rings (SSSR count). The molecule has 1 aromatic heterocycles. The lowest BCUT2D eigenvalue weighted by Gasteiger charge is -2.16. The van der Waals surface area contributed by atoms with Crippen molar-refractivity contribution in [1.82, 2.24) is 10.2 Å². The van der Waals surface area contributed by atoms with E-state index in [4.69, 9.17) is 11.6 Å². The van der Waals surface area contributed by atoms with Crippen LogP contribution < -0.4 is 5.32 Å². The van der Waals surface area contributed by atoms with Crippen molar-refractivity contribution in [3.63, 3.8) is 0 Å². The minimum absolute atomic E-state index is 0.864. The van der Waals surface area contributed by atoms with Crippen LogP contribution in [0, 0.1) is 0 Å². The molecule has 4 heteroatoms. The molecule has 0 saturated heterocycles. The summed E-state index contributed by atoms with van der Waals surface area (Å²) in [6.07, 6.45) is 1.09. The molecule has 1 N–H and O–H groups in total. The zero-order chi connectivity index (χ0) is 15.1. The fraction of sp³-hybridized carbons (Fsp3) is 0.412. The zero-order valence-electron chi connectivity index (χ0n) is 12.7. The minimum Gasteiger partial charge on any atom is -0.317 e. The first-order valence-electron chi connectivity index (χ1n) is 7.38. The van der Waals surface area contributed by atoms with Crippen molar-refractivity contribution in [3.8, 4) is 0 Å².